The minimum atomic E-state index is -0.306. The minimum absolute atomic E-state index is 0.0563. The molecular weight excluding hydrogens is 457 g/mol. The van der Waals surface area contributed by atoms with E-state index in [0.29, 0.717) is 27.8 Å². The van der Waals surface area contributed by atoms with Crippen molar-refractivity contribution in [2.75, 3.05) is 11.1 Å². The molecular formula is C24H15ClFN7O. The number of nitrogens with zero attached hydrogens (tertiary/aromatic N) is 5. The number of hydrogen-bond acceptors (Lipinski definition) is 8. The third-order valence-corrected chi connectivity index (χ3v) is 4.76. The molecule has 10 heteroatoms. The van der Waals surface area contributed by atoms with Gasteiger partial charge in [-0.1, -0.05) is 29.7 Å². The molecule has 0 spiro atoms. The summed E-state index contributed by atoms with van der Waals surface area (Å²) in [4.78, 5) is 16.2. The molecule has 4 rings (SSSR count). The monoisotopic (exact) mass is 471 g/mol. The number of hydrogen-bond donors (Lipinski definition) is 2. The van der Waals surface area contributed by atoms with Crippen molar-refractivity contribution in [2.45, 2.75) is 6.61 Å². The first kappa shape index (κ1) is 22.5. The number of anilines is 3. The van der Waals surface area contributed by atoms with Crippen molar-refractivity contribution in [1.82, 2.24) is 19.9 Å². The third kappa shape index (κ3) is 5.54. The maximum atomic E-state index is 13.0. The van der Waals surface area contributed by atoms with Gasteiger partial charge in [0, 0.05) is 11.9 Å². The number of nitriles is 1. The first-order valence-corrected chi connectivity index (χ1v) is 10.2. The summed E-state index contributed by atoms with van der Waals surface area (Å²) in [6.45, 7) is 0.250. The van der Waals surface area contributed by atoms with Gasteiger partial charge in [-0.05, 0) is 41.8 Å². The van der Waals surface area contributed by atoms with Gasteiger partial charge < -0.3 is 15.8 Å². The van der Waals surface area contributed by atoms with Gasteiger partial charge in [0.05, 0.1) is 16.8 Å². The summed E-state index contributed by atoms with van der Waals surface area (Å²) in [6, 6.07) is 13.1. The zero-order valence-corrected chi connectivity index (χ0v) is 18.2. The summed E-state index contributed by atoms with van der Waals surface area (Å²) < 4.78 is 18.8. The first-order chi connectivity index (χ1) is 16.5. The number of aromatic nitrogens is 4. The van der Waals surface area contributed by atoms with E-state index in [0.717, 1.165) is 5.56 Å². The molecule has 0 aliphatic carbocycles. The Labute approximate surface area is 199 Å². The van der Waals surface area contributed by atoms with Crippen LogP contribution < -0.4 is 15.8 Å². The second kappa shape index (κ2) is 10.3. The molecule has 0 radical (unpaired) electrons. The van der Waals surface area contributed by atoms with Gasteiger partial charge in [0.25, 0.3) is 0 Å². The van der Waals surface area contributed by atoms with Crippen LogP contribution in [0.4, 0.5) is 21.7 Å². The van der Waals surface area contributed by atoms with Crippen LogP contribution in [0.25, 0.3) is 0 Å². The molecule has 2 aromatic carbocycles. The molecule has 3 N–H and O–H groups in total. The van der Waals surface area contributed by atoms with Crippen molar-refractivity contribution in [3.8, 4) is 23.7 Å². The van der Waals surface area contributed by atoms with Crippen molar-refractivity contribution in [3.63, 3.8) is 0 Å². The fourth-order valence-corrected chi connectivity index (χ4v) is 2.99. The zero-order valence-electron chi connectivity index (χ0n) is 17.5. The predicted octanol–water partition coefficient (Wildman–Crippen LogP) is 4.24. The Balaban J connectivity index is 1.48. The summed E-state index contributed by atoms with van der Waals surface area (Å²) >= 11 is 6.37. The Morgan fingerprint density at radius 3 is 2.62 bits per heavy atom. The fraction of sp³-hybridized carbons (Fsp3) is 0.0417. The third-order valence-electron chi connectivity index (χ3n) is 4.46. The molecule has 2 heterocycles. The molecule has 0 saturated carbocycles. The summed E-state index contributed by atoms with van der Waals surface area (Å²) in [6.07, 6.45) is 4.23. The van der Waals surface area contributed by atoms with Gasteiger partial charge in [0.15, 0.2) is 0 Å². The average Bonchev–Trinajstić information content (AvgIpc) is 2.84. The molecule has 34 heavy (non-hydrogen) atoms. The average molecular weight is 472 g/mol. The fourth-order valence-electron chi connectivity index (χ4n) is 2.76. The van der Waals surface area contributed by atoms with Crippen LogP contribution in [0.3, 0.4) is 0 Å². The molecule has 0 fully saturated rings. The van der Waals surface area contributed by atoms with Crippen LogP contribution >= 0.6 is 11.6 Å². The van der Waals surface area contributed by atoms with E-state index in [4.69, 9.17) is 27.3 Å². The molecule has 166 valence electrons. The van der Waals surface area contributed by atoms with E-state index in [1.54, 1.807) is 30.3 Å². The lowest BCUT2D eigenvalue weighted by Crippen LogP contribution is -2.00. The van der Waals surface area contributed by atoms with Crippen LogP contribution in [0, 0.1) is 29.0 Å². The summed E-state index contributed by atoms with van der Waals surface area (Å²) in [5.74, 6) is 6.52. The number of nitrogen functional groups attached to an aromatic ring is 1. The Bertz CT molecular complexity index is 1440. The Hall–Kier alpha value is -4.73. The molecule has 0 bridgehead atoms. The number of ether oxygens (including phenoxy) is 1. The van der Waals surface area contributed by atoms with Crippen LogP contribution in [0.1, 0.15) is 22.5 Å². The topological polar surface area (TPSA) is 123 Å². The minimum Gasteiger partial charge on any atom is -0.487 e. The van der Waals surface area contributed by atoms with E-state index < -0.39 is 0 Å². The Kier molecular flexibility index (Phi) is 6.78. The molecule has 2 aromatic heterocycles. The van der Waals surface area contributed by atoms with Gasteiger partial charge in [0.2, 0.25) is 5.82 Å². The first-order valence-electron chi connectivity index (χ1n) is 9.80. The van der Waals surface area contributed by atoms with Crippen molar-refractivity contribution in [1.29, 1.82) is 5.26 Å². The van der Waals surface area contributed by atoms with Gasteiger partial charge >= 0.3 is 0 Å². The number of nitrogens with one attached hydrogen (secondary N) is 1. The molecule has 0 amide bonds. The summed E-state index contributed by atoms with van der Waals surface area (Å²) in [7, 11) is 0. The van der Waals surface area contributed by atoms with Gasteiger partial charge in [-0.15, -0.1) is 0 Å². The smallest absolute Gasteiger partial charge is 0.207 e. The van der Waals surface area contributed by atoms with E-state index in [-0.39, 0.29) is 29.6 Å². The molecule has 4 aromatic rings. The van der Waals surface area contributed by atoms with Crippen LogP contribution in [-0.4, -0.2) is 19.9 Å². The highest BCUT2D eigenvalue weighted by Crippen LogP contribution is 2.30. The van der Waals surface area contributed by atoms with Crippen LogP contribution in [0.2, 0.25) is 5.02 Å². The lowest BCUT2D eigenvalue weighted by molar-refractivity contribution is 0.306. The molecule has 0 atom stereocenters. The zero-order chi connectivity index (χ0) is 23.9. The molecule has 0 aliphatic rings. The standard InChI is InChI=1S/C24H15ClFN7O/c25-20-9-19(6-7-21(20)34-13-15-1-4-18(26)5-2-15)32-24-16(11-29-14-31-24)3-8-22-30-12-17(10-27)23(28)33-22/h1-2,4-7,9,11-12,14H,13H2,(H2,28,30,33)(H,29,31,32). The van der Waals surface area contributed by atoms with Gasteiger partial charge in [-0.25, -0.2) is 24.3 Å². The van der Waals surface area contributed by atoms with Crippen molar-refractivity contribution in [3.05, 3.63) is 94.5 Å². The van der Waals surface area contributed by atoms with Crippen LogP contribution in [0.5, 0.6) is 5.75 Å². The van der Waals surface area contributed by atoms with E-state index in [9.17, 15) is 4.39 Å². The highest BCUT2D eigenvalue weighted by atomic mass is 35.5. The SMILES string of the molecule is N#Cc1cnc(C#Cc2cncnc2Nc2ccc(OCc3ccc(F)cc3)c(Cl)c2)nc1N. The Morgan fingerprint density at radius 1 is 1.06 bits per heavy atom. The highest BCUT2D eigenvalue weighted by Gasteiger charge is 2.08. The quantitative estimate of drug-likeness (QED) is 0.414. The van der Waals surface area contributed by atoms with Gasteiger partial charge in [-0.3, -0.25) is 0 Å². The summed E-state index contributed by atoms with van der Waals surface area (Å²) in [5.41, 5.74) is 7.84. The van der Waals surface area contributed by atoms with E-state index in [2.05, 4.69) is 37.1 Å². The second-order valence-corrected chi connectivity index (χ2v) is 7.23. The van der Waals surface area contributed by atoms with Crippen molar-refractivity contribution in [2.24, 2.45) is 0 Å². The second-order valence-electron chi connectivity index (χ2n) is 6.82. The van der Waals surface area contributed by atoms with Crippen LogP contribution in [0.15, 0.2) is 61.2 Å². The largest absolute Gasteiger partial charge is 0.487 e. The highest BCUT2D eigenvalue weighted by molar-refractivity contribution is 6.32. The predicted molar refractivity (Wildman–Crippen MR) is 125 cm³/mol. The number of benzene rings is 2. The normalized spacial score (nSPS) is 10.0. The maximum Gasteiger partial charge on any atom is 0.207 e. The summed E-state index contributed by atoms with van der Waals surface area (Å²) in [5, 5.41) is 12.4. The molecule has 0 aliphatic heterocycles. The number of nitrogens with two attached hydrogens (primary N) is 1. The number of rotatable bonds is 5. The molecule has 0 saturated heterocycles. The van der Waals surface area contributed by atoms with E-state index in [1.807, 2.05) is 6.07 Å². The van der Waals surface area contributed by atoms with E-state index in [1.165, 1.54) is 30.9 Å². The van der Waals surface area contributed by atoms with Crippen molar-refractivity contribution < 1.29 is 9.13 Å². The van der Waals surface area contributed by atoms with Crippen LogP contribution in [-0.2, 0) is 6.61 Å². The van der Waals surface area contributed by atoms with Gasteiger partial charge in [0.1, 0.15) is 47.8 Å². The number of halogens is 2. The lowest BCUT2D eigenvalue weighted by atomic mass is 10.2. The van der Waals surface area contributed by atoms with Gasteiger partial charge in [-0.2, -0.15) is 5.26 Å². The lowest BCUT2D eigenvalue weighted by Gasteiger charge is -2.11. The Morgan fingerprint density at radius 2 is 1.88 bits per heavy atom. The maximum absolute atomic E-state index is 13.0. The van der Waals surface area contributed by atoms with Crippen molar-refractivity contribution >= 4 is 28.9 Å². The van der Waals surface area contributed by atoms with E-state index >= 15 is 0 Å². The molecule has 8 nitrogen and oxygen atoms in total. The molecule has 0 unspecified atom stereocenters.